The number of rotatable bonds is 3. The molecule has 0 saturated carbocycles. The molecule has 3 nitrogen and oxygen atoms in total. The van der Waals surface area contributed by atoms with Crippen molar-refractivity contribution >= 4 is 17.3 Å². The number of hydrogen-bond donors (Lipinski definition) is 0. The fraction of sp³-hybridized carbons (Fsp3) is 0.167. The Balaban J connectivity index is 2.24. The molecule has 0 N–H and O–H groups in total. The summed E-state index contributed by atoms with van der Waals surface area (Å²) < 4.78 is 0. The minimum Gasteiger partial charge on any atom is -0.550 e. The molecule has 1 aromatic carbocycles. The first-order valence-electron chi connectivity index (χ1n) is 4.86. The van der Waals surface area contributed by atoms with E-state index >= 15 is 0 Å². The van der Waals surface area contributed by atoms with E-state index in [2.05, 4.69) is 4.98 Å². The van der Waals surface area contributed by atoms with Gasteiger partial charge in [0.1, 0.15) is 5.01 Å². The third kappa shape index (κ3) is 2.46. The fourth-order valence-electron chi connectivity index (χ4n) is 1.36. The molecule has 1 heterocycles. The Bertz CT molecular complexity index is 502. The van der Waals surface area contributed by atoms with Crippen LogP contribution in [0.1, 0.15) is 11.3 Å². The van der Waals surface area contributed by atoms with Crippen molar-refractivity contribution in [3.8, 4) is 10.6 Å². The van der Waals surface area contributed by atoms with E-state index in [0.29, 0.717) is 5.69 Å². The second-order valence-electron chi connectivity index (χ2n) is 3.56. The topological polar surface area (TPSA) is 53.0 Å². The van der Waals surface area contributed by atoms with Crippen LogP contribution in [0, 0.1) is 6.92 Å². The first-order valence-corrected chi connectivity index (χ1v) is 5.74. The number of carboxylic acids is 1. The highest BCUT2D eigenvalue weighted by atomic mass is 32.1. The summed E-state index contributed by atoms with van der Waals surface area (Å²) in [5.74, 6) is -1.10. The molecule has 1 aromatic heterocycles. The zero-order valence-corrected chi connectivity index (χ0v) is 9.58. The van der Waals surface area contributed by atoms with Crippen molar-refractivity contribution in [1.29, 1.82) is 0 Å². The monoisotopic (exact) mass is 232 g/mol. The van der Waals surface area contributed by atoms with Crippen molar-refractivity contribution in [3.05, 3.63) is 40.9 Å². The summed E-state index contributed by atoms with van der Waals surface area (Å²) >= 11 is 1.45. The Hall–Kier alpha value is -1.68. The van der Waals surface area contributed by atoms with Crippen LogP contribution in [-0.2, 0) is 11.2 Å². The van der Waals surface area contributed by atoms with Crippen LogP contribution in [0.15, 0.2) is 29.6 Å². The van der Waals surface area contributed by atoms with E-state index in [0.717, 1.165) is 10.6 Å². The first-order chi connectivity index (χ1) is 7.65. The standard InChI is InChI=1S/C12H11NO2S/c1-8-2-4-9(5-3-8)12-13-10(7-16-12)6-11(14)15/h2-5,7H,6H2,1H3,(H,14,15)/p-1. The van der Waals surface area contributed by atoms with Gasteiger partial charge in [-0.05, 0) is 6.92 Å². The maximum absolute atomic E-state index is 10.4. The largest absolute Gasteiger partial charge is 0.550 e. The number of thiazole rings is 1. The molecular weight excluding hydrogens is 222 g/mol. The molecule has 0 aliphatic rings. The molecule has 0 amide bonds. The normalized spacial score (nSPS) is 10.3. The Morgan fingerprint density at radius 2 is 2.06 bits per heavy atom. The van der Waals surface area contributed by atoms with Gasteiger partial charge in [0.05, 0.1) is 5.69 Å². The number of carbonyl (C=O) groups is 1. The molecular formula is C12H10NO2S-. The molecule has 2 rings (SSSR count). The van der Waals surface area contributed by atoms with Crippen molar-refractivity contribution in [2.45, 2.75) is 13.3 Å². The van der Waals surface area contributed by atoms with Gasteiger partial charge < -0.3 is 9.90 Å². The molecule has 0 saturated heterocycles. The Morgan fingerprint density at radius 3 is 2.69 bits per heavy atom. The Labute approximate surface area is 97.4 Å². The highest BCUT2D eigenvalue weighted by molar-refractivity contribution is 7.13. The molecule has 0 bridgehead atoms. The van der Waals surface area contributed by atoms with Gasteiger partial charge in [-0.1, -0.05) is 29.8 Å². The van der Waals surface area contributed by atoms with Crippen LogP contribution < -0.4 is 5.11 Å². The second kappa shape index (κ2) is 4.45. The van der Waals surface area contributed by atoms with Crippen molar-refractivity contribution in [2.24, 2.45) is 0 Å². The van der Waals surface area contributed by atoms with Crippen molar-refractivity contribution in [1.82, 2.24) is 4.98 Å². The van der Waals surface area contributed by atoms with Gasteiger partial charge in [0, 0.05) is 23.3 Å². The minimum atomic E-state index is -1.10. The Morgan fingerprint density at radius 1 is 1.38 bits per heavy atom. The average molecular weight is 232 g/mol. The number of carboxylic acid groups (broad SMARTS) is 1. The van der Waals surface area contributed by atoms with E-state index in [4.69, 9.17) is 0 Å². The van der Waals surface area contributed by atoms with E-state index in [1.807, 2.05) is 31.2 Å². The lowest BCUT2D eigenvalue weighted by Crippen LogP contribution is -2.24. The summed E-state index contributed by atoms with van der Waals surface area (Å²) in [6, 6.07) is 7.98. The molecule has 2 aromatic rings. The second-order valence-corrected chi connectivity index (χ2v) is 4.42. The van der Waals surface area contributed by atoms with Crippen molar-refractivity contribution in [2.75, 3.05) is 0 Å². The summed E-state index contributed by atoms with van der Waals surface area (Å²) in [5, 5.41) is 13.0. The predicted molar refractivity (Wildman–Crippen MR) is 61.0 cm³/mol. The van der Waals surface area contributed by atoms with Crippen LogP contribution in [0.3, 0.4) is 0 Å². The van der Waals surface area contributed by atoms with Crippen molar-refractivity contribution < 1.29 is 9.90 Å². The van der Waals surface area contributed by atoms with Crippen LogP contribution >= 0.6 is 11.3 Å². The zero-order chi connectivity index (χ0) is 11.5. The maximum atomic E-state index is 10.4. The Kier molecular flexibility index (Phi) is 3.01. The lowest BCUT2D eigenvalue weighted by Gasteiger charge is -1.98. The van der Waals surface area contributed by atoms with Gasteiger partial charge in [-0.3, -0.25) is 0 Å². The summed E-state index contributed by atoms with van der Waals surface area (Å²) in [7, 11) is 0. The molecule has 0 atom stereocenters. The van der Waals surface area contributed by atoms with Gasteiger partial charge in [0.15, 0.2) is 0 Å². The molecule has 0 aliphatic carbocycles. The number of benzene rings is 1. The average Bonchev–Trinajstić information content (AvgIpc) is 2.66. The van der Waals surface area contributed by atoms with Gasteiger partial charge in [-0.25, -0.2) is 4.98 Å². The molecule has 16 heavy (non-hydrogen) atoms. The summed E-state index contributed by atoms with van der Waals surface area (Å²) in [4.78, 5) is 14.7. The number of hydrogen-bond acceptors (Lipinski definition) is 4. The number of carbonyl (C=O) groups excluding carboxylic acids is 1. The van der Waals surface area contributed by atoms with E-state index in [-0.39, 0.29) is 6.42 Å². The maximum Gasteiger partial charge on any atom is 0.123 e. The number of aryl methyl sites for hydroxylation is 1. The lowest BCUT2D eigenvalue weighted by molar-refractivity contribution is -0.304. The molecule has 0 aliphatic heterocycles. The van der Waals surface area contributed by atoms with Gasteiger partial charge in [0.2, 0.25) is 0 Å². The van der Waals surface area contributed by atoms with E-state index in [1.165, 1.54) is 16.9 Å². The summed E-state index contributed by atoms with van der Waals surface area (Å²) in [6.07, 6.45) is -0.123. The molecule has 0 unspecified atom stereocenters. The van der Waals surface area contributed by atoms with Crippen LogP contribution in [0.2, 0.25) is 0 Å². The third-order valence-corrected chi connectivity index (χ3v) is 3.12. The predicted octanol–water partition coefficient (Wildman–Crippen LogP) is 1.41. The molecule has 0 spiro atoms. The van der Waals surface area contributed by atoms with Gasteiger partial charge in [-0.15, -0.1) is 11.3 Å². The number of aliphatic carboxylic acids is 1. The van der Waals surface area contributed by atoms with Gasteiger partial charge in [-0.2, -0.15) is 0 Å². The van der Waals surface area contributed by atoms with Crippen LogP contribution in [-0.4, -0.2) is 11.0 Å². The van der Waals surface area contributed by atoms with E-state index in [9.17, 15) is 9.90 Å². The third-order valence-electron chi connectivity index (χ3n) is 2.18. The highest BCUT2D eigenvalue weighted by Crippen LogP contribution is 2.23. The smallest absolute Gasteiger partial charge is 0.123 e. The van der Waals surface area contributed by atoms with Crippen molar-refractivity contribution in [3.63, 3.8) is 0 Å². The fourth-order valence-corrected chi connectivity index (χ4v) is 2.19. The lowest BCUT2D eigenvalue weighted by atomic mass is 10.2. The van der Waals surface area contributed by atoms with Gasteiger partial charge in [0.25, 0.3) is 0 Å². The first kappa shape index (κ1) is 10.8. The number of aromatic nitrogens is 1. The van der Waals surface area contributed by atoms with Crippen LogP contribution in [0.25, 0.3) is 10.6 Å². The quantitative estimate of drug-likeness (QED) is 0.804. The summed E-state index contributed by atoms with van der Waals surface area (Å²) in [6.45, 7) is 2.02. The minimum absolute atomic E-state index is 0.123. The van der Waals surface area contributed by atoms with Gasteiger partial charge >= 0.3 is 0 Å². The molecule has 0 fully saturated rings. The van der Waals surface area contributed by atoms with Crippen LogP contribution in [0.4, 0.5) is 0 Å². The SMILES string of the molecule is Cc1ccc(-c2nc(CC(=O)[O-])cs2)cc1. The molecule has 82 valence electrons. The van der Waals surface area contributed by atoms with Crippen LogP contribution in [0.5, 0.6) is 0 Å². The van der Waals surface area contributed by atoms with E-state index < -0.39 is 5.97 Å². The molecule has 4 heteroatoms. The highest BCUT2D eigenvalue weighted by Gasteiger charge is 2.04. The zero-order valence-electron chi connectivity index (χ0n) is 8.77. The summed E-state index contributed by atoms with van der Waals surface area (Å²) in [5.41, 5.74) is 2.76. The number of nitrogens with zero attached hydrogens (tertiary/aromatic N) is 1. The molecule has 0 radical (unpaired) electrons. The van der Waals surface area contributed by atoms with E-state index in [1.54, 1.807) is 5.38 Å².